The van der Waals surface area contributed by atoms with Crippen LogP contribution in [-0.2, 0) is 6.42 Å². The van der Waals surface area contributed by atoms with Crippen molar-refractivity contribution in [2.75, 3.05) is 13.1 Å². The maximum absolute atomic E-state index is 4.70. The summed E-state index contributed by atoms with van der Waals surface area (Å²) in [4.78, 5) is 9.00. The van der Waals surface area contributed by atoms with Gasteiger partial charge in [-0.2, -0.15) is 0 Å². The monoisotopic (exact) mass is 245 g/mol. The SMILES string of the molecule is c1cc(CC2CCNC2)nc(-c2nccs2)c1. The summed E-state index contributed by atoms with van der Waals surface area (Å²) in [6.07, 6.45) is 4.17. The maximum atomic E-state index is 4.70. The molecule has 0 saturated carbocycles. The molecule has 2 aromatic heterocycles. The molecule has 0 aromatic carbocycles. The van der Waals surface area contributed by atoms with Gasteiger partial charge in [0.25, 0.3) is 0 Å². The van der Waals surface area contributed by atoms with Crippen molar-refractivity contribution < 1.29 is 0 Å². The molecule has 3 rings (SSSR count). The van der Waals surface area contributed by atoms with Gasteiger partial charge in [0.2, 0.25) is 0 Å². The van der Waals surface area contributed by atoms with Crippen LogP contribution in [0.3, 0.4) is 0 Å². The van der Waals surface area contributed by atoms with E-state index in [2.05, 4.69) is 22.4 Å². The summed E-state index contributed by atoms with van der Waals surface area (Å²) in [6, 6.07) is 6.24. The maximum Gasteiger partial charge on any atom is 0.141 e. The number of nitrogens with zero attached hydrogens (tertiary/aromatic N) is 2. The molecular formula is C13H15N3S. The normalized spacial score (nSPS) is 19.6. The highest BCUT2D eigenvalue weighted by molar-refractivity contribution is 7.13. The van der Waals surface area contributed by atoms with Crippen molar-refractivity contribution in [3.63, 3.8) is 0 Å². The van der Waals surface area contributed by atoms with Gasteiger partial charge in [-0.15, -0.1) is 11.3 Å². The Morgan fingerprint density at radius 3 is 3.18 bits per heavy atom. The van der Waals surface area contributed by atoms with Crippen LogP contribution in [0.15, 0.2) is 29.8 Å². The van der Waals surface area contributed by atoms with Crippen molar-refractivity contribution in [2.45, 2.75) is 12.8 Å². The second-order valence-corrected chi connectivity index (χ2v) is 5.31. The molecule has 2 aromatic rings. The predicted octanol–water partition coefficient (Wildman–Crippen LogP) is 2.36. The minimum atomic E-state index is 0.744. The molecule has 3 heterocycles. The molecule has 0 spiro atoms. The summed E-state index contributed by atoms with van der Waals surface area (Å²) in [5, 5.41) is 6.40. The van der Waals surface area contributed by atoms with Crippen molar-refractivity contribution in [2.24, 2.45) is 5.92 Å². The van der Waals surface area contributed by atoms with Crippen molar-refractivity contribution in [1.82, 2.24) is 15.3 Å². The summed E-state index contributed by atoms with van der Waals surface area (Å²) >= 11 is 1.64. The first kappa shape index (κ1) is 10.9. The molecule has 1 aliphatic rings. The highest BCUT2D eigenvalue weighted by Crippen LogP contribution is 2.21. The standard InChI is InChI=1S/C13H15N3S/c1-2-11(8-10-4-5-14-9-10)16-12(3-1)13-15-6-7-17-13/h1-3,6-7,10,14H,4-5,8-9H2. The van der Waals surface area contributed by atoms with Crippen LogP contribution in [0.1, 0.15) is 12.1 Å². The van der Waals surface area contributed by atoms with Gasteiger partial charge in [-0.3, -0.25) is 4.98 Å². The average Bonchev–Trinajstić information content (AvgIpc) is 3.01. The van der Waals surface area contributed by atoms with Gasteiger partial charge in [0.05, 0.1) is 5.69 Å². The van der Waals surface area contributed by atoms with Crippen LogP contribution in [0.25, 0.3) is 10.7 Å². The zero-order chi connectivity index (χ0) is 11.5. The molecule has 0 amide bonds. The quantitative estimate of drug-likeness (QED) is 0.902. The zero-order valence-electron chi connectivity index (χ0n) is 9.60. The van der Waals surface area contributed by atoms with Gasteiger partial charge >= 0.3 is 0 Å². The highest BCUT2D eigenvalue weighted by atomic mass is 32.1. The predicted molar refractivity (Wildman–Crippen MR) is 70.0 cm³/mol. The molecule has 1 fully saturated rings. The van der Waals surface area contributed by atoms with Crippen LogP contribution < -0.4 is 5.32 Å². The first-order valence-electron chi connectivity index (χ1n) is 5.98. The third-order valence-corrected chi connectivity index (χ3v) is 3.91. The second kappa shape index (κ2) is 4.94. The lowest BCUT2D eigenvalue weighted by atomic mass is 10.0. The van der Waals surface area contributed by atoms with Gasteiger partial charge in [0.15, 0.2) is 0 Å². The summed E-state index contributed by atoms with van der Waals surface area (Å²) in [6.45, 7) is 2.28. The van der Waals surface area contributed by atoms with Gasteiger partial charge in [-0.25, -0.2) is 4.98 Å². The minimum absolute atomic E-state index is 0.744. The zero-order valence-corrected chi connectivity index (χ0v) is 10.4. The Balaban J connectivity index is 1.79. The molecule has 3 nitrogen and oxygen atoms in total. The van der Waals surface area contributed by atoms with E-state index >= 15 is 0 Å². The van der Waals surface area contributed by atoms with Gasteiger partial charge in [-0.1, -0.05) is 6.07 Å². The molecule has 0 radical (unpaired) electrons. The molecule has 1 unspecified atom stereocenters. The number of aromatic nitrogens is 2. The lowest BCUT2D eigenvalue weighted by Crippen LogP contribution is -2.11. The molecule has 88 valence electrons. The van der Waals surface area contributed by atoms with E-state index in [0.717, 1.165) is 36.1 Å². The topological polar surface area (TPSA) is 37.8 Å². The third-order valence-electron chi connectivity index (χ3n) is 3.12. The van der Waals surface area contributed by atoms with Crippen LogP contribution >= 0.6 is 11.3 Å². The van der Waals surface area contributed by atoms with Crippen molar-refractivity contribution >= 4 is 11.3 Å². The van der Waals surface area contributed by atoms with E-state index < -0.39 is 0 Å². The van der Waals surface area contributed by atoms with Crippen LogP contribution in [0.2, 0.25) is 0 Å². The van der Waals surface area contributed by atoms with E-state index in [1.807, 2.05) is 17.6 Å². The fourth-order valence-electron chi connectivity index (χ4n) is 2.25. The van der Waals surface area contributed by atoms with Gasteiger partial charge in [0.1, 0.15) is 5.01 Å². The number of hydrogen-bond donors (Lipinski definition) is 1. The minimum Gasteiger partial charge on any atom is -0.316 e. The molecule has 1 aliphatic heterocycles. The molecule has 4 heteroatoms. The molecule has 0 aliphatic carbocycles. The number of rotatable bonds is 3. The summed E-state index contributed by atoms with van der Waals surface area (Å²) in [5.74, 6) is 0.744. The Bertz CT molecular complexity index is 475. The van der Waals surface area contributed by atoms with Crippen LogP contribution in [0.5, 0.6) is 0 Å². The lowest BCUT2D eigenvalue weighted by Gasteiger charge is -2.07. The largest absolute Gasteiger partial charge is 0.316 e. The first-order chi connectivity index (χ1) is 8.42. The number of thiazole rings is 1. The fourth-order valence-corrected chi connectivity index (χ4v) is 2.85. The Morgan fingerprint density at radius 1 is 1.41 bits per heavy atom. The number of hydrogen-bond acceptors (Lipinski definition) is 4. The number of nitrogens with one attached hydrogen (secondary N) is 1. The Morgan fingerprint density at radius 2 is 2.41 bits per heavy atom. The van der Waals surface area contributed by atoms with E-state index in [9.17, 15) is 0 Å². The smallest absolute Gasteiger partial charge is 0.141 e. The molecule has 1 N–H and O–H groups in total. The lowest BCUT2D eigenvalue weighted by molar-refractivity contribution is 0.572. The van der Waals surface area contributed by atoms with Gasteiger partial charge < -0.3 is 5.32 Å². The van der Waals surface area contributed by atoms with Gasteiger partial charge in [0, 0.05) is 17.3 Å². The van der Waals surface area contributed by atoms with Crippen molar-refractivity contribution in [3.05, 3.63) is 35.5 Å². The molecule has 1 saturated heterocycles. The molecule has 1 atom stereocenters. The second-order valence-electron chi connectivity index (χ2n) is 4.41. The molecule has 17 heavy (non-hydrogen) atoms. The van der Waals surface area contributed by atoms with Gasteiger partial charge in [-0.05, 0) is 44.0 Å². The van der Waals surface area contributed by atoms with E-state index in [1.54, 1.807) is 11.3 Å². The third kappa shape index (κ3) is 2.53. The van der Waals surface area contributed by atoms with Crippen LogP contribution in [-0.4, -0.2) is 23.1 Å². The van der Waals surface area contributed by atoms with E-state index in [-0.39, 0.29) is 0 Å². The van der Waals surface area contributed by atoms with E-state index in [0.29, 0.717) is 0 Å². The Hall–Kier alpha value is -1.26. The fraction of sp³-hybridized carbons (Fsp3) is 0.385. The van der Waals surface area contributed by atoms with Crippen molar-refractivity contribution in [1.29, 1.82) is 0 Å². The summed E-state index contributed by atoms with van der Waals surface area (Å²) in [5.41, 5.74) is 2.19. The summed E-state index contributed by atoms with van der Waals surface area (Å²) < 4.78 is 0. The van der Waals surface area contributed by atoms with Crippen LogP contribution in [0.4, 0.5) is 0 Å². The van der Waals surface area contributed by atoms with E-state index in [1.165, 1.54) is 12.1 Å². The first-order valence-corrected chi connectivity index (χ1v) is 6.86. The average molecular weight is 245 g/mol. The van der Waals surface area contributed by atoms with Crippen LogP contribution in [0, 0.1) is 5.92 Å². The highest BCUT2D eigenvalue weighted by Gasteiger charge is 2.15. The van der Waals surface area contributed by atoms with Crippen molar-refractivity contribution in [3.8, 4) is 10.7 Å². The Kier molecular flexibility index (Phi) is 3.16. The molecule has 0 bridgehead atoms. The van der Waals surface area contributed by atoms with E-state index in [4.69, 9.17) is 4.98 Å². The molecular weight excluding hydrogens is 230 g/mol. The number of pyridine rings is 1. The summed E-state index contributed by atoms with van der Waals surface area (Å²) in [7, 11) is 0. The Labute approximate surface area is 105 Å².